The first-order chi connectivity index (χ1) is 11.4. The van der Waals surface area contributed by atoms with Crippen molar-refractivity contribution in [2.24, 2.45) is 0 Å². The van der Waals surface area contributed by atoms with E-state index in [1.165, 1.54) is 0 Å². The maximum Gasteiger partial charge on any atom is 0.254 e. The Balaban J connectivity index is 2.26. The van der Waals surface area contributed by atoms with Crippen LogP contribution in [0.15, 0.2) is 18.2 Å². The van der Waals surface area contributed by atoms with Crippen LogP contribution in [-0.2, 0) is 4.74 Å². The van der Waals surface area contributed by atoms with E-state index in [0.717, 1.165) is 0 Å². The summed E-state index contributed by atoms with van der Waals surface area (Å²) in [5.41, 5.74) is 0.440. The number of fused-ring (bicyclic) bond motifs is 1. The zero-order chi connectivity index (χ0) is 17.7. The number of Topliss-reactive ketones (excluding diaryl/α,β-unsaturated/α-hetero) is 1. The van der Waals surface area contributed by atoms with Gasteiger partial charge in [-0.05, 0) is 32.0 Å². The van der Waals surface area contributed by atoms with Crippen LogP contribution in [0.2, 0.25) is 0 Å². The molecule has 0 unspecified atom stereocenters. The molecule has 0 aromatic heterocycles. The van der Waals surface area contributed by atoms with E-state index in [9.17, 15) is 9.59 Å². The van der Waals surface area contributed by atoms with E-state index in [1.54, 1.807) is 30.2 Å². The standard InChI is InChI=1S/C19H23NO4/c1-5-6-9-20(10-11-23-4)18(22)14-7-8-15-16(21)13-19(2,3)24-17(15)12-14/h1,7-8,12H,6,9-11,13H2,2-4H3. The van der Waals surface area contributed by atoms with E-state index in [-0.39, 0.29) is 11.7 Å². The summed E-state index contributed by atoms with van der Waals surface area (Å²) >= 11 is 0. The van der Waals surface area contributed by atoms with Gasteiger partial charge in [-0.25, -0.2) is 0 Å². The van der Waals surface area contributed by atoms with E-state index in [0.29, 0.717) is 49.4 Å². The Morgan fingerprint density at radius 2 is 2.17 bits per heavy atom. The normalized spacial score (nSPS) is 15.2. The van der Waals surface area contributed by atoms with Crippen molar-refractivity contribution < 1.29 is 19.1 Å². The number of nitrogens with zero attached hydrogens (tertiary/aromatic N) is 1. The summed E-state index contributed by atoms with van der Waals surface area (Å²) in [4.78, 5) is 26.6. The van der Waals surface area contributed by atoms with Crippen LogP contribution < -0.4 is 4.74 Å². The Bertz CT molecular complexity index is 672. The van der Waals surface area contributed by atoms with Crippen molar-refractivity contribution in [3.05, 3.63) is 29.3 Å². The molecule has 0 atom stereocenters. The van der Waals surface area contributed by atoms with Crippen molar-refractivity contribution in [3.8, 4) is 18.1 Å². The summed E-state index contributed by atoms with van der Waals surface area (Å²) in [6.45, 7) is 5.07. The third-order valence-electron chi connectivity index (χ3n) is 3.88. The third kappa shape index (κ3) is 4.15. The van der Waals surface area contributed by atoms with Gasteiger partial charge in [-0.3, -0.25) is 9.59 Å². The second-order valence-corrected chi connectivity index (χ2v) is 6.41. The maximum absolute atomic E-state index is 12.7. The molecule has 5 nitrogen and oxygen atoms in total. The molecule has 0 saturated heterocycles. The molecule has 0 spiro atoms. The van der Waals surface area contributed by atoms with Gasteiger partial charge in [-0.1, -0.05) is 0 Å². The highest BCUT2D eigenvalue weighted by Crippen LogP contribution is 2.33. The number of ether oxygens (including phenoxy) is 2. The monoisotopic (exact) mass is 329 g/mol. The number of ketones is 1. The van der Waals surface area contributed by atoms with Crippen molar-refractivity contribution in [2.45, 2.75) is 32.3 Å². The number of rotatable bonds is 6. The zero-order valence-corrected chi connectivity index (χ0v) is 14.4. The topological polar surface area (TPSA) is 55.8 Å². The maximum atomic E-state index is 12.7. The first-order valence-corrected chi connectivity index (χ1v) is 7.96. The lowest BCUT2D eigenvalue weighted by molar-refractivity contribution is 0.0610. The molecule has 0 radical (unpaired) electrons. The highest BCUT2D eigenvalue weighted by molar-refractivity contribution is 6.02. The minimum absolute atomic E-state index is 0.0313. The highest BCUT2D eigenvalue weighted by atomic mass is 16.5. The molecule has 1 aromatic carbocycles. The summed E-state index contributed by atoms with van der Waals surface area (Å²) in [6, 6.07) is 4.97. The number of hydrogen-bond donors (Lipinski definition) is 0. The number of benzene rings is 1. The first kappa shape index (κ1) is 18.0. The van der Waals surface area contributed by atoms with Crippen molar-refractivity contribution >= 4 is 11.7 Å². The second-order valence-electron chi connectivity index (χ2n) is 6.41. The molecule has 1 heterocycles. The van der Waals surface area contributed by atoms with Gasteiger partial charge in [0, 0.05) is 32.2 Å². The van der Waals surface area contributed by atoms with Gasteiger partial charge in [0.1, 0.15) is 11.4 Å². The number of amides is 1. The minimum Gasteiger partial charge on any atom is -0.487 e. The van der Waals surface area contributed by atoms with Gasteiger partial charge < -0.3 is 14.4 Å². The molecular weight excluding hydrogens is 306 g/mol. The lowest BCUT2D eigenvalue weighted by Gasteiger charge is -2.32. The number of carbonyl (C=O) groups excluding carboxylic acids is 2. The average Bonchev–Trinajstić information content (AvgIpc) is 2.52. The Hall–Kier alpha value is -2.32. The summed E-state index contributed by atoms with van der Waals surface area (Å²) in [5.74, 6) is 2.89. The molecule has 0 N–H and O–H groups in total. The summed E-state index contributed by atoms with van der Waals surface area (Å²) < 4.78 is 10.9. The van der Waals surface area contributed by atoms with Gasteiger partial charge in [-0.15, -0.1) is 12.3 Å². The molecule has 24 heavy (non-hydrogen) atoms. The molecule has 128 valence electrons. The van der Waals surface area contributed by atoms with Crippen LogP contribution >= 0.6 is 0 Å². The minimum atomic E-state index is -0.565. The predicted molar refractivity (Wildman–Crippen MR) is 91.3 cm³/mol. The molecule has 1 aliphatic heterocycles. The van der Waals surface area contributed by atoms with Crippen LogP contribution in [0.5, 0.6) is 5.75 Å². The van der Waals surface area contributed by atoms with E-state index in [2.05, 4.69) is 5.92 Å². The Labute approximate surface area is 142 Å². The van der Waals surface area contributed by atoms with Crippen molar-refractivity contribution in [1.29, 1.82) is 0 Å². The molecule has 0 fully saturated rings. The van der Waals surface area contributed by atoms with Crippen LogP contribution in [0.1, 0.15) is 47.4 Å². The van der Waals surface area contributed by atoms with Gasteiger partial charge in [0.25, 0.3) is 5.91 Å². The van der Waals surface area contributed by atoms with E-state index < -0.39 is 5.60 Å². The van der Waals surface area contributed by atoms with Gasteiger partial charge in [-0.2, -0.15) is 0 Å². The molecule has 1 amide bonds. The fourth-order valence-electron chi connectivity index (χ4n) is 2.68. The van der Waals surface area contributed by atoms with Gasteiger partial charge >= 0.3 is 0 Å². The van der Waals surface area contributed by atoms with Crippen LogP contribution in [0.4, 0.5) is 0 Å². The van der Waals surface area contributed by atoms with Gasteiger partial charge in [0.2, 0.25) is 0 Å². The SMILES string of the molecule is C#CCCN(CCOC)C(=O)c1ccc2c(c1)OC(C)(C)CC2=O. The molecule has 0 saturated carbocycles. The summed E-state index contributed by atoms with van der Waals surface area (Å²) in [7, 11) is 1.59. The quantitative estimate of drug-likeness (QED) is 0.753. The van der Waals surface area contributed by atoms with E-state index >= 15 is 0 Å². The summed E-state index contributed by atoms with van der Waals surface area (Å²) in [5, 5.41) is 0. The lowest BCUT2D eigenvalue weighted by atomic mass is 9.92. The highest BCUT2D eigenvalue weighted by Gasteiger charge is 2.33. The average molecular weight is 329 g/mol. The molecule has 1 aromatic rings. The summed E-state index contributed by atoms with van der Waals surface area (Å²) in [6.07, 6.45) is 6.11. The predicted octanol–water partition coefficient (Wildman–Crippen LogP) is 2.54. The Morgan fingerprint density at radius 3 is 2.83 bits per heavy atom. The Kier molecular flexibility index (Phi) is 5.63. The smallest absolute Gasteiger partial charge is 0.254 e. The number of hydrogen-bond acceptors (Lipinski definition) is 4. The number of carbonyl (C=O) groups is 2. The second kappa shape index (κ2) is 7.50. The molecule has 2 rings (SSSR count). The first-order valence-electron chi connectivity index (χ1n) is 7.96. The van der Waals surface area contributed by atoms with Gasteiger partial charge in [0.15, 0.2) is 5.78 Å². The molecule has 1 aliphatic rings. The van der Waals surface area contributed by atoms with Crippen molar-refractivity contribution in [2.75, 3.05) is 26.8 Å². The Morgan fingerprint density at radius 1 is 1.42 bits per heavy atom. The third-order valence-corrected chi connectivity index (χ3v) is 3.88. The van der Waals surface area contributed by atoms with E-state index in [1.807, 2.05) is 13.8 Å². The zero-order valence-electron chi connectivity index (χ0n) is 14.4. The largest absolute Gasteiger partial charge is 0.487 e. The molecule has 0 bridgehead atoms. The van der Waals surface area contributed by atoms with E-state index in [4.69, 9.17) is 15.9 Å². The fraction of sp³-hybridized carbons (Fsp3) is 0.474. The van der Waals surface area contributed by atoms with Crippen LogP contribution in [0.3, 0.4) is 0 Å². The number of methoxy groups -OCH3 is 1. The van der Waals surface area contributed by atoms with Crippen molar-refractivity contribution in [3.63, 3.8) is 0 Å². The molecule has 0 aliphatic carbocycles. The van der Waals surface area contributed by atoms with Crippen molar-refractivity contribution in [1.82, 2.24) is 4.90 Å². The van der Waals surface area contributed by atoms with Crippen LogP contribution in [0.25, 0.3) is 0 Å². The number of terminal acetylenes is 1. The van der Waals surface area contributed by atoms with Crippen LogP contribution in [-0.4, -0.2) is 49.0 Å². The van der Waals surface area contributed by atoms with Gasteiger partial charge in [0.05, 0.1) is 18.6 Å². The lowest BCUT2D eigenvalue weighted by Crippen LogP contribution is -2.37. The molecule has 5 heteroatoms. The van der Waals surface area contributed by atoms with Crippen LogP contribution in [0, 0.1) is 12.3 Å². The fourth-order valence-corrected chi connectivity index (χ4v) is 2.68. The molecular formula is C19H23NO4.